The summed E-state index contributed by atoms with van der Waals surface area (Å²) in [5, 5.41) is 18.3. The van der Waals surface area contributed by atoms with E-state index < -0.39 is 11.4 Å². The van der Waals surface area contributed by atoms with Crippen LogP contribution in [0, 0.1) is 5.82 Å². The van der Waals surface area contributed by atoms with Gasteiger partial charge in [-0.05, 0) is 18.6 Å². The van der Waals surface area contributed by atoms with Gasteiger partial charge in [0.25, 0.3) is 0 Å². The Labute approximate surface area is 104 Å². The molecule has 6 heteroatoms. The Morgan fingerprint density at radius 3 is 2.72 bits per heavy atom. The van der Waals surface area contributed by atoms with Crippen LogP contribution >= 0.6 is 0 Å². The first-order chi connectivity index (χ1) is 8.53. The number of rotatable bonds is 4. The van der Waals surface area contributed by atoms with Crippen molar-refractivity contribution in [3.63, 3.8) is 0 Å². The van der Waals surface area contributed by atoms with E-state index in [-0.39, 0.29) is 0 Å². The Hall–Kier alpha value is -1.82. The lowest BCUT2D eigenvalue weighted by Crippen LogP contribution is -2.29. The summed E-state index contributed by atoms with van der Waals surface area (Å²) in [5.74, 6) is -0.420. The Balaban J connectivity index is 2.27. The van der Waals surface area contributed by atoms with Crippen LogP contribution in [-0.4, -0.2) is 25.1 Å². The highest BCUT2D eigenvalue weighted by atomic mass is 19.1. The lowest BCUT2D eigenvalue weighted by atomic mass is 9.90. The van der Waals surface area contributed by atoms with Gasteiger partial charge in [0.1, 0.15) is 11.4 Å². The predicted molar refractivity (Wildman–Crippen MR) is 63.1 cm³/mol. The number of halogens is 1. The minimum Gasteiger partial charge on any atom is -0.383 e. The van der Waals surface area contributed by atoms with E-state index >= 15 is 0 Å². The van der Waals surface area contributed by atoms with Crippen molar-refractivity contribution in [2.75, 3.05) is 0 Å². The SMILES string of the molecule is CCC(O)(Cc1cn(C)nn1)c1ccc(F)cn1. The highest BCUT2D eigenvalue weighted by molar-refractivity contribution is 5.16. The van der Waals surface area contributed by atoms with Gasteiger partial charge >= 0.3 is 0 Å². The lowest BCUT2D eigenvalue weighted by Gasteiger charge is -2.25. The standard InChI is InChI=1S/C12H15FN4O/c1-3-12(18,6-10-8-17(2)16-15-10)11-5-4-9(13)7-14-11/h4-5,7-8,18H,3,6H2,1-2H3. The van der Waals surface area contributed by atoms with Gasteiger partial charge < -0.3 is 5.11 Å². The number of aromatic nitrogens is 4. The molecule has 1 N–H and O–H groups in total. The average Bonchev–Trinajstić information content (AvgIpc) is 2.75. The maximum Gasteiger partial charge on any atom is 0.141 e. The van der Waals surface area contributed by atoms with E-state index in [0.29, 0.717) is 24.2 Å². The molecule has 1 unspecified atom stereocenters. The third-order valence-electron chi connectivity index (χ3n) is 2.91. The van der Waals surface area contributed by atoms with Gasteiger partial charge in [0.15, 0.2) is 0 Å². The molecule has 0 saturated carbocycles. The first kappa shape index (κ1) is 12.6. The van der Waals surface area contributed by atoms with E-state index in [0.717, 1.165) is 6.20 Å². The molecule has 96 valence electrons. The van der Waals surface area contributed by atoms with Crippen LogP contribution in [0.3, 0.4) is 0 Å². The summed E-state index contributed by atoms with van der Waals surface area (Å²) in [7, 11) is 1.76. The fourth-order valence-electron chi connectivity index (χ4n) is 1.82. The van der Waals surface area contributed by atoms with E-state index in [1.807, 2.05) is 6.92 Å². The normalized spacial score (nSPS) is 14.4. The van der Waals surface area contributed by atoms with Crippen molar-refractivity contribution in [2.45, 2.75) is 25.4 Å². The van der Waals surface area contributed by atoms with Gasteiger partial charge in [0, 0.05) is 19.7 Å². The molecule has 0 radical (unpaired) electrons. The fraction of sp³-hybridized carbons (Fsp3) is 0.417. The van der Waals surface area contributed by atoms with Crippen LogP contribution in [-0.2, 0) is 19.1 Å². The summed E-state index contributed by atoms with van der Waals surface area (Å²) in [6.45, 7) is 1.85. The zero-order chi connectivity index (χ0) is 13.2. The minimum atomic E-state index is -1.15. The number of aliphatic hydroxyl groups is 1. The number of aryl methyl sites for hydroxylation is 1. The van der Waals surface area contributed by atoms with Crippen molar-refractivity contribution in [3.05, 3.63) is 41.7 Å². The molecular weight excluding hydrogens is 235 g/mol. The van der Waals surface area contributed by atoms with E-state index in [9.17, 15) is 9.50 Å². The first-order valence-electron chi connectivity index (χ1n) is 5.73. The van der Waals surface area contributed by atoms with Crippen LogP contribution in [0.5, 0.6) is 0 Å². The van der Waals surface area contributed by atoms with Gasteiger partial charge in [-0.25, -0.2) is 4.39 Å². The van der Waals surface area contributed by atoms with E-state index in [4.69, 9.17) is 0 Å². The van der Waals surface area contributed by atoms with Gasteiger partial charge in [-0.3, -0.25) is 9.67 Å². The van der Waals surface area contributed by atoms with Crippen LogP contribution in [0.1, 0.15) is 24.7 Å². The Morgan fingerprint density at radius 1 is 1.44 bits per heavy atom. The molecule has 2 heterocycles. The van der Waals surface area contributed by atoms with Gasteiger partial charge in [0.05, 0.1) is 17.6 Å². The molecule has 0 aliphatic rings. The highest BCUT2D eigenvalue weighted by Gasteiger charge is 2.30. The van der Waals surface area contributed by atoms with Crippen LogP contribution in [0.25, 0.3) is 0 Å². The lowest BCUT2D eigenvalue weighted by molar-refractivity contribution is 0.0272. The summed E-state index contributed by atoms with van der Waals surface area (Å²) in [6.07, 6.45) is 3.61. The molecule has 2 aromatic rings. The Morgan fingerprint density at radius 2 is 2.22 bits per heavy atom. The third kappa shape index (κ3) is 2.53. The average molecular weight is 250 g/mol. The summed E-state index contributed by atoms with van der Waals surface area (Å²) in [5.41, 5.74) is -0.0333. The molecule has 0 aromatic carbocycles. The van der Waals surface area contributed by atoms with Crippen molar-refractivity contribution in [3.8, 4) is 0 Å². The molecule has 18 heavy (non-hydrogen) atoms. The third-order valence-corrected chi connectivity index (χ3v) is 2.91. The smallest absolute Gasteiger partial charge is 0.141 e. The maximum absolute atomic E-state index is 12.8. The fourth-order valence-corrected chi connectivity index (χ4v) is 1.82. The van der Waals surface area contributed by atoms with E-state index in [2.05, 4.69) is 15.3 Å². The van der Waals surface area contributed by atoms with E-state index in [1.54, 1.807) is 17.9 Å². The maximum atomic E-state index is 12.8. The van der Waals surface area contributed by atoms with Crippen LogP contribution in [0.2, 0.25) is 0 Å². The number of nitrogens with zero attached hydrogens (tertiary/aromatic N) is 4. The summed E-state index contributed by atoms with van der Waals surface area (Å²) >= 11 is 0. The monoisotopic (exact) mass is 250 g/mol. The van der Waals surface area contributed by atoms with E-state index in [1.165, 1.54) is 12.1 Å². The quantitative estimate of drug-likeness (QED) is 0.885. The molecule has 2 rings (SSSR count). The van der Waals surface area contributed by atoms with Gasteiger partial charge in [-0.15, -0.1) is 5.10 Å². The van der Waals surface area contributed by atoms with Crippen LogP contribution in [0.15, 0.2) is 24.5 Å². The van der Waals surface area contributed by atoms with Crippen molar-refractivity contribution in [1.29, 1.82) is 0 Å². The topological polar surface area (TPSA) is 63.8 Å². The van der Waals surface area contributed by atoms with Crippen molar-refractivity contribution in [2.24, 2.45) is 7.05 Å². The molecule has 0 aliphatic carbocycles. The number of hydrogen-bond donors (Lipinski definition) is 1. The second-order valence-electron chi connectivity index (χ2n) is 4.31. The minimum absolute atomic E-state index is 0.302. The molecule has 0 aliphatic heterocycles. The predicted octanol–water partition coefficient (Wildman–Crippen LogP) is 1.19. The summed E-state index contributed by atoms with van der Waals surface area (Å²) in [4.78, 5) is 3.94. The molecular formula is C12H15FN4O. The van der Waals surface area contributed by atoms with Crippen molar-refractivity contribution >= 4 is 0 Å². The molecule has 5 nitrogen and oxygen atoms in total. The van der Waals surface area contributed by atoms with Crippen molar-refractivity contribution in [1.82, 2.24) is 20.0 Å². The molecule has 0 saturated heterocycles. The largest absolute Gasteiger partial charge is 0.383 e. The second-order valence-corrected chi connectivity index (χ2v) is 4.31. The molecule has 0 amide bonds. The Kier molecular flexibility index (Phi) is 3.38. The second kappa shape index (κ2) is 4.81. The summed E-state index contributed by atoms with van der Waals surface area (Å²) < 4.78 is 14.4. The molecule has 1 atom stereocenters. The van der Waals surface area contributed by atoms with Crippen molar-refractivity contribution < 1.29 is 9.50 Å². The molecule has 0 spiro atoms. The number of pyridine rings is 1. The van der Waals surface area contributed by atoms with Crippen LogP contribution in [0.4, 0.5) is 4.39 Å². The van der Waals surface area contributed by atoms with Gasteiger partial charge in [0.2, 0.25) is 0 Å². The first-order valence-corrected chi connectivity index (χ1v) is 5.73. The number of hydrogen-bond acceptors (Lipinski definition) is 4. The zero-order valence-electron chi connectivity index (χ0n) is 10.3. The highest BCUT2D eigenvalue weighted by Crippen LogP contribution is 2.26. The van der Waals surface area contributed by atoms with Gasteiger partial charge in [-0.1, -0.05) is 12.1 Å². The molecule has 2 aromatic heterocycles. The van der Waals surface area contributed by atoms with Crippen LogP contribution < -0.4 is 0 Å². The van der Waals surface area contributed by atoms with Gasteiger partial charge in [-0.2, -0.15) is 0 Å². The molecule has 0 fully saturated rings. The zero-order valence-corrected chi connectivity index (χ0v) is 10.3. The molecule has 0 bridgehead atoms. The Bertz CT molecular complexity index is 525. The summed E-state index contributed by atoms with van der Waals surface area (Å²) in [6, 6.07) is 2.79.